The molecule has 0 radical (unpaired) electrons. The summed E-state index contributed by atoms with van der Waals surface area (Å²) in [6.07, 6.45) is 1.13. The standard InChI is InChI=1S/C5H6ClNOS/c1-3(8)4-2-7-5(6)9-4/h2-3,8H,1H3. The summed E-state index contributed by atoms with van der Waals surface area (Å²) in [6, 6.07) is 0. The Kier molecular flexibility index (Phi) is 2.05. The van der Waals surface area contributed by atoms with Crippen molar-refractivity contribution < 1.29 is 5.11 Å². The highest BCUT2D eigenvalue weighted by Gasteiger charge is 2.03. The van der Waals surface area contributed by atoms with Gasteiger partial charge in [-0.25, -0.2) is 4.98 Å². The van der Waals surface area contributed by atoms with E-state index < -0.39 is 6.10 Å². The summed E-state index contributed by atoms with van der Waals surface area (Å²) in [4.78, 5) is 4.57. The minimum absolute atomic E-state index is 0.449. The van der Waals surface area contributed by atoms with E-state index in [1.165, 1.54) is 11.3 Å². The van der Waals surface area contributed by atoms with Gasteiger partial charge in [0, 0.05) is 6.20 Å². The third kappa shape index (κ3) is 1.64. The quantitative estimate of drug-likeness (QED) is 0.686. The first-order chi connectivity index (χ1) is 4.20. The molecule has 1 aromatic heterocycles. The summed E-state index contributed by atoms with van der Waals surface area (Å²) in [7, 11) is 0. The van der Waals surface area contributed by atoms with Gasteiger partial charge in [-0.3, -0.25) is 0 Å². The predicted octanol–water partition coefficient (Wildman–Crippen LogP) is 1.85. The molecule has 1 rings (SSSR count). The molecule has 0 aliphatic heterocycles. The van der Waals surface area contributed by atoms with Crippen molar-refractivity contribution in [1.29, 1.82) is 0 Å². The van der Waals surface area contributed by atoms with Crippen LogP contribution in [-0.4, -0.2) is 10.1 Å². The molecule has 0 saturated heterocycles. The van der Waals surface area contributed by atoms with Crippen LogP contribution in [0.25, 0.3) is 0 Å². The molecule has 1 aromatic rings. The number of hydrogen-bond donors (Lipinski definition) is 1. The lowest BCUT2D eigenvalue weighted by molar-refractivity contribution is 0.203. The third-order valence-corrected chi connectivity index (χ3v) is 2.19. The minimum atomic E-state index is -0.449. The summed E-state index contributed by atoms with van der Waals surface area (Å²) >= 11 is 6.80. The van der Waals surface area contributed by atoms with E-state index in [0.717, 1.165) is 4.88 Å². The lowest BCUT2D eigenvalue weighted by atomic mass is 10.4. The first-order valence-corrected chi connectivity index (χ1v) is 3.69. The molecule has 1 atom stereocenters. The van der Waals surface area contributed by atoms with Crippen LogP contribution in [-0.2, 0) is 0 Å². The normalized spacial score (nSPS) is 13.7. The van der Waals surface area contributed by atoms with Crippen molar-refractivity contribution in [3.05, 3.63) is 15.5 Å². The second kappa shape index (κ2) is 2.64. The number of thiazole rings is 1. The zero-order valence-electron chi connectivity index (χ0n) is 4.84. The number of nitrogens with zero attached hydrogens (tertiary/aromatic N) is 1. The highest BCUT2D eigenvalue weighted by molar-refractivity contribution is 7.15. The van der Waals surface area contributed by atoms with Gasteiger partial charge in [0.15, 0.2) is 4.47 Å². The van der Waals surface area contributed by atoms with E-state index in [1.54, 1.807) is 13.1 Å². The van der Waals surface area contributed by atoms with Crippen LogP contribution < -0.4 is 0 Å². The molecule has 0 bridgehead atoms. The molecule has 1 N–H and O–H groups in total. The second-order valence-corrected chi connectivity index (χ2v) is 3.34. The van der Waals surface area contributed by atoms with E-state index in [2.05, 4.69) is 4.98 Å². The summed E-state index contributed by atoms with van der Waals surface area (Å²) in [5, 5.41) is 8.95. The number of halogens is 1. The lowest BCUT2D eigenvalue weighted by Crippen LogP contribution is -1.83. The van der Waals surface area contributed by atoms with E-state index in [0.29, 0.717) is 4.47 Å². The molecule has 0 saturated carbocycles. The fraction of sp³-hybridized carbons (Fsp3) is 0.400. The number of hydrogen-bond acceptors (Lipinski definition) is 3. The van der Waals surface area contributed by atoms with E-state index in [4.69, 9.17) is 16.7 Å². The summed E-state index contributed by atoms with van der Waals surface area (Å²) in [6.45, 7) is 1.68. The van der Waals surface area contributed by atoms with Crippen molar-refractivity contribution >= 4 is 22.9 Å². The number of aliphatic hydroxyl groups excluding tert-OH is 1. The number of aromatic nitrogens is 1. The SMILES string of the molecule is CC(O)c1cnc(Cl)s1. The van der Waals surface area contributed by atoms with Crippen molar-refractivity contribution in [2.75, 3.05) is 0 Å². The molecule has 0 aromatic carbocycles. The molecular formula is C5H6ClNOS. The van der Waals surface area contributed by atoms with Gasteiger partial charge in [-0.2, -0.15) is 0 Å². The Balaban J connectivity index is 2.85. The maximum absolute atomic E-state index is 8.95. The van der Waals surface area contributed by atoms with Crippen molar-refractivity contribution in [3.8, 4) is 0 Å². The highest BCUT2D eigenvalue weighted by Crippen LogP contribution is 2.22. The molecule has 0 fully saturated rings. The Morgan fingerprint density at radius 2 is 2.56 bits per heavy atom. The van der Waals surface area contributed by atoms with Gasteiger partial charge in [-0.15, -0.1) is 11.3 Å². The molecule has 0 spiro atoms. The van der Waals surface area contributed by atoms with Gasteiger partial charge in [0.25, 0.3) is 0 Å². The maximum atomic E-state index is 8.95. The fourth-order valence-electron chi connectivity index (χ4n) is 0.457. The lowest BCUT2D eigenvalue weighted by Gasteiger charge is -1.94. The minimum Gasteiger partial charge on any atom is -0.388 e. The Morgan fingerprint density at radius 3 is 2.78 bits per heavy atom. The van der Waals surface area contributed by atoms with Gasteiger partial charge >= 0.3 is 0 Å². The molecule has 1 unspecified atom stereocenters. The third-order valence-electron chi connectivity index (χ3n) is 0.907. The zero-order chi connectivity index (χ0) is 6.85. The number of rotatable bonds is 1. The molecule has 4 heteroatoms. The molecule has 50 valence electrons. The van der Waals surface area contributed by atoms with Gasteiger partial charge in [-0.1, -0.05) is 11.6 Å². The van der Waals surface area contributed by atoms with Gasteiger partial charge in [0.1, 0.15) is 0 Å². The summed E-state index contributed by atoms with van der Waals surface area (Å²) in [5.74, 6) is 0. The van der Waals surface area contributed by atoms with E-state index >= 15 is 0 Å². The molecule has 0 aliphatic rings. The van der Waals surface area contributed by atoms with Crippen LogP contribution in [0, 0.1) is 0 Å². The van der Waals surface area contributed by atoms with E-state index in [1.807, 2.05) is 0 Å². The van der Waals surface area contributed by atoms with Crippen LogP contribution in [0.1, 0.15) is 17.9 Å². The first-order valence-electron chi connectivity index (χ1n) is 2.49. The van der Waals surface area contributed by atoms with Crippen LogP contribution in [0.3, 0.4) is 0 Å². The first kappa shape index (κ1) is 6.99. The summed E-state index contributed by atoms with van der Waals surface area (Å²) in [5.41, 5.74) is 0. The van der Waals surface area contributed by atoms with Crippen LogP contribution in [0.15, 0.2) is 6.20 Å². The van der Waals surface area contributed by atoms with Crippen LogP contribution in [0.2, 0.25) is 4.47 Å². The molecular weight excluding hydrogens is 158 g/mol. The van der Waals surface area contributed by atoms with Crippen molar-refractivity contribution in [1.82, 2.24) is 4.98 Å². The molecule has 0 amide bonds. The monoisotopic (exact) mass is 163 g/mol. The van der Waals surface area contributed by atoms with Crippen LogP contribution >= 0.6 is 22.9 Å². The Morgan fingerprint density at radius 1 is 1.89 bits per heavy atom. The van der Waals surface area contributed by atoms with Crippen molar-refractivity contribution in [3.63, 3.8) is 0 Å². The van der Waals surface area contributed by atoms with Crippen LogP contribution in [0.4, 0.5) is 0 Å². The summed E-state index contributed by atoms with van der Waals surface area (Å²) < 4.78 is 0.478. The Labute approximate surface area is 62.1 Å². The predicted molar refractivity (Wildman–Crippen MR) is 37.8 cm³/mol. The average Bonchev–Trinajstić information content (AvgIpc) is 2.14. The van der Waals surface area contributed by atoms with Gasteiger partial charge in [-0.05, 0) is 6.92 Å². The number of aliphatic hydroxyl groups is 1. The Hall–Kier alpha value is -0.120. The van der Waals surface area contributed by atoms with Gasteiger partial charge < -0.3 is 5.11 Å². The zero-order valence-corrected chi connectivity index (χ0v) is 6.41. The molecule has 2 nitrogen and oxygen atoms in total. The van der Waals surface area contributed by atoms with E-state index in [9.17, 15) is 0 Å². The van der Waals surface area contributed by atoms with Crippen LogP contribution in [0.5, 0.6) is 0 Å². The maximum Gasteiger partial charge on any atom is 0.183 e. The molecule has 9 heavy (non-hydrogen) atoms. The van der Waals surface area contributed by atoms with E-state index in [-0.39, 0.29) is 0 Å². The second-order valence-electron chi connectivity index (χ2n) is 1.69. The highest BCUT2D eigenvalue weighted by atomic mass is 35.5. The largest absolute Gasteiger partial charge is 0.388 e. The van der Waals surface area contributed by atoms with Gasteiger partial charge in [0.2, 0.25) is 0 Å². The topological polar surface area (TPSA) is 33.1 Å². The Bertz CT molecular complexity index is 199. The van der Waals surface area contributed by atoms with Crippen molar-refractivity contribution in [2.45, 2.75) is 13.0 Å². The molecule has 1 heterocycles. The fourth-order valence-corrected chi connectivity index (χ4v) is 1.35. The molecule has 0 aliphatic carbocycles. The van der Waals surface area contributed by atoms with Gasteiger partial charge in [0.05, 0.1) is 11.0 Å². The smallest absolute Gasteiger partial charge is 0.183 e. The average molecular weight is 164 g/mol. The van der Waals surface area contributed by atoms with Crippen molar-refractivity contribution in [2.24, 2.45) is 0 Å².